The Morgan fingerprint density at radius 2 is 2.12 bits per heavy atom. The summed E-state index contributed by atoms with van der Waals surface area (Å²) in [7, 11) is 5.85. The number of aromatic nitrogens is 1. The number of pyridine rings is 1. The first kappa shape index (κ1) is 13.9. The molecule has 0 radical (unpaired) electrons. The van der Waals surface area contributed by atoms with E-state index in [0.29, 0.717) is 5.88 Å². The quantitative estimate of drug-likeness (QED) is 0.696. The first-order valence-corrected chi connectivity index (χ1v) is 6.06. The highest BCUT2D eigenvalue weighted by atomic mass is 16.5. The van der Waals surface area contributed by atoms with Crippen molar-refractivity contribution in [2.75, 3.05) is 34.3 Å². The summed E-state index contributed by atoms with van der Waals surface area (Å²) in [5, 5.41) is 3.41. The second-order valence-corrected chi connectivity index (χ2v) is 4.40. The first-order valence-electron chi connectivity index (χ1n) is 6.06. The Kier molecular flexibility index (Phi) is 6.58. The summed E-state index contributed by atoms with van der Waals surface area (Å²) in [5.41, 5.74) is 1.19. The van der Waals surface area contributed by atoms with Crippen LogP contribution in [-0.2, 0) is 6.54 Å². The van der Waals surface area contributed by atoms with E-state index < -0.39 is 0 Å². The van der Waals surface area contributed by atoms with Crippen LogP contribution in [0.4, 0.5) is 0 Å². The van der Waals surface area contributed by atoms with Crippen molar-refractivity contribution in [2.45, 2.75) is 19.4 Å². The number of nitrogens with one attached hydrogen (secondary N) is 1. The van der Waals surface area contributed by atoms with Crippen LogP contribution in [-0.4, -0.2) is 44.2 Å². The van der Waals surface area contributed by atoms with Crippen molar-refractivity contribution in [3.8, 4) is 5.88 Å². The average molecular weight is 237 g/mol. The van der Waals surface area contributed by atoms with Crippen LogP contribution in [0.1, 0.15) is 18.4 Å². The molecule has 1 rings (SSSR count). The van der Waals surface area contributed by atoms with Crippen molar-refractivity contribution < 1.29 is 4.74 Å². The van der Waals surface area contributed by atoms with E-state index in [-0.39, 0.29) is 0 Å². The molecule has 0 saturated heterocycles. The minimum atomic E-state index is 0.666. The highest BCUT2D eigenvalue weighted by molar-refractivity contribution is 5.17. The molecule has 1 aromatic rings. The van der Waals surface area contributed by atoms with Crippen LogP contribution >= 0.6 is 0 Å². The van der Waals surface area contributed by atoms with Gasteiger partial charge in [-0.2, -0.15) is 0 Å². The Balaban J connectivity index is 2.09. The number of hydrogen-bond donors (Lipinski definition) is 1. The monoisotopic (exact) mass is 237 g/mol. The van der Waals surface area contributed by atoms with E-state index in [9.17, 15) is 0 Å². The summed E-state index contributed by atoms with van der Waals surface area (Å²) >= 11 is 0. The van der Waals surface area contributed by atoms with Gasteiger partial charge in [-0.1, -0.05) is 6.07 Å². The summed E-state index contributed by atoms with van der Waals surface area (Å²) in [4.78, 5) is 6.38. The number of ether oxygens (including phenoxy) is 1. The van der Waals surface area contributed by atoms with E-state index in [1.165, 1.54) is 18.4 Å². The lowest BCUT2D eigenvalue weighted by Gasteiger charge is -2.09. The number of unbranched alkanes of at least 4 members (excludes halogenated alkanes) is 1. The van der Waals surface area contributed by atoms with Gasteiger partial charge in [0.15, 0.2) is 0 Å². The molecule has 0 fully saturated rings. The third-order valence-electron chi connectivity index (χ3n) is 2.54. The lowest BCUT2D eigenvalue weighted by atomic mass is 10.2. The Morgan fingerprint density at radius 1 is 1.29 bits per heavy atom. The molecule has 0 atom stereocenters. The van der Waals surface area contributed by atoms with Crippen LogP contribution in [0.25, 0.3) is 0 Å². The fourth-order valence-corrected chi connectivity index (χ4v) is 1.55. The molecule has 1 aromatic heterocycles. The van der Waals surface area contributed by atoms with Gasteiger partial charge >= 0.3 is 0 Å². The lowest BCUT2D eigenvalue weighted by molar-refractivity contribution is 0.391. The third-order valence-corrected chi connectivity index (χ3v) is 2.54. The Hall–Kier alpha value is -1.13. The Morgan fingerprint density at radius 3 is 2.71 bits per heavy atom. The van der Waals surface area contributed by atoms with Gasteiger partial charge < -0.3 is 15.0 Å². The van der Waals surface area contributed by atoms with Gasteiger partial charge in [0.2, 0.25) is 5.88 Å². The highest BCUT2D eigenvalue weighted by Crippen LogP contribution is 2.06. The van der Waals surface area contributed by atoms with Gasteiger partial charge in [0.1, 0.15) is 0 Å². The van der Waals surface area contributed by atoms with Crippen LogP contribution in [0.2, 0.25) is 0 Å². The van der Waals surface area contributed by atoms with E-state index in [1.807, 2.05) is 18.3 Å². The number of methoxy groups -OCH3 is 1. The number of hydrogen-bond acceptors (Lipinski definition) is 4. The largest absolute Gasteiger partial charge is 0.481 e. The van der Waals surface area contributed by atoms with Gasteiger partial charge in [0.05, 0.1) is 7.11 Å². The highest BCUT2D eigenvalue weighted by Gasteiger charge is 1.95. The minimum Gasteiger partial charge on any atom is -0.481 e. The average Bonchev–Trinajstić information content (AvgIpc) is 2.34. The third kappa shape index (κ3) is 6.24. The van der Waals surface area contributed by atoms with Gasteiger partial charge in [-0.05, 0) is 45.6 Å². The van der Waals surface area contributed by atoms with Gasteiger partial charge in [-0.25, -0.2) is 4.98 Å². The normalized spacial score (nSPS) is 10.8. The van der Waals surface area contributed by atoms with Crippen LogP contribution in [0.3, 0.4) is 0 Å². The van der Waals surface area contributed by atoms with Crippen molar-refractivity contribution in [3.05, 3.63) is 23.9 Å². The maximum absolute atomic E-state index is 5.01. The predicted octanol–water partition coefficient (Wildman–Crippen LogP) is 1.52. The first-order chi connectivity index (χ1) is 8.22. The lowest BCUT2D eigenvalue weighted by Crippen LogP contribution is -2.18. The molecule has 0 spiro atoms. The van der Waals surface area contributed by atoms with Crippen molar-refractivity contribution in [1.82, 2.24) is 15.2 Å². The number of nitrogens with zero attached hydrogens (tertiary/aromatic N) is 2. The molecular weight excluding hydrogens is 214 g/mol. The molecule has 0 unspecified atom stereocenters. The van der Waals surface area contributed by atoms with Gasteiger partial charge in [-0.15, -0.1) is 0 Å². The summed E-state index contributed by atoms with van der Waals surface area (Å²) in [6.45, 7) is 3.09. The maximum atomic E-state index is 5.01. The topological polar surface area (TPSA) is 37.4 Å². The zero-order valence-electron chi connectivity index (χ0n) is 11.1. The predicted molar refractivity (Wildman–Crippen MR) is 70.3 cm³/mol. The summed E-state index contributed by atoms with van der Waals surface area (Å²) in [6.07, 6.45) is 4.30. The molecular formula is C13H23N3O. The van der Waals surface area contributed by atoms with E-state index in [4.69, 9.17) is 4.74 Å². The second kappa shape index (κ2) is 8.03. The van der Waals surface area contributed by atoms with E-state index in [2.05, 4.69) is 29.3 Å². The standard InChI is InChI=1S/C13H23N3O/c1-16(2)9-5-4-8-14-10-12-6-7-13(17-3)15-11-12/h6-7,11,14H,4-5,8-10H2,1-3H3. The molecule has 4 nitrogen and oxygen atoms in total. The summed E-state index contributed by atoms with van der Waals surface area (Å²) in [5.74, 6) is 0.666. The number of rotatable bonds is 8. The zero-order valence-corrected chi connectivity index (χ0v) is 11.1. The molecule has 96 valence electrons. The zero-order chi connectivity index (χ0) is 12.5. The summed E-state index contributed by atoms with van der Waals surface area (Å²) in [6, 6.07) is 3.93. The smallest absolute Gasteiger partial charge is 0.212 e. The van der Waals surface area contributed by atoms with E-state index in [0.717, 1.165) is 19.6 Å². The van der Waals surface area contributed by atoms with Gasteiger partial charge in [0.25, 0.3) is 0 Å². The van der Waals surface area contributed by atoms with Gasteiger partial charge in [-0.3, -0.25) is 0 Å². The Labute approximate surface area is 104 Å². The van der Waals surface area contributed by atoms with Gasteiger partial charge in [0, 0.05) is 18.8 Å². The Bertz CT molecular complexity index is 298. The molecule has 0 saturated carbocycles. The fourth-order valence-electron chi connectivity index (χ4n) is 1.55. The molecule has 0 aliphatic carbocycles. The molecule has 0 aliphatic rings. The molecule has 1 N–H and O–H groups in total. The van der Waals surface area contributed by atoms with Crippen molar-refractivity contribution in [3.63, 3.8) is 0 Å². The second-order valence-electron chi connectivity index (χ2n) is 4.40. The van der Waals surface area contributed by atoms with Crippen molar-refractivity contribution in [1.29, 1.82) is 0 Å². The van der Waals surface area contributed by atoms with E-state index >= 15 is 0 Å². The van der Waals surface area contributed by atoms with Crippen LogP contribution in [0.15, 0.2) is 18.3 Å². The van der Waals surface area contributed by atoms with Crippen LogP contribution in [0, 0.1) is 0 Å². The van der Waals surface area contributed by atoms with Crippen molar-refractivity contribution >= 4 is 0 Å². The van der Waals surface area contributed by atoms with Crippen LogP contribution < -0.4 is 10.1 Å². The van der Waals surface area contributed by atoms with E-state index in [1.54, 1.807) is 7.11 Å². The maximum Gasteiger partial charge on any atom is 0.212 e. The molecule has 0 amide bonds. The molecule has 1 heterocycles. The minimum absolute atomic E-state index is 0.666. The van der Waals surface area contributed by atoms with Crippen LogP contribution in [0.5, 0.6) is 5.88 Å². The molecule has 0 aromatic carbocycles. The molecule has 0 aliphatic heterocycles. The SMILES string of the molecule is COc1ccc(CNCCCCN(C)C)cn1. The fraction of sp³-hybridized carbons (Fsp3) is 0.615. The van der Waals surface area contributed by atoms with Crippen molar-refractivity contribution in [2.24, 2.45) is 0 Å². The molecule has 0 bridgehead atoms. The molecule has 17 heavy (non-hydrogen) atoms. The molecule has 4 heteroatoms. The summed E-state index contributed by atoms with van der Waals surface area (Å²) < 4.78 is 5.01.